The van der Waals surface area contributed by atoms with Gasteiger partial charge < -0.3 is 15.0 Å². The summed E-state index contributed by atoms with van der Waals surface area (Å²) in [7, 11) is 1.57. The van der Waals surface area contributed by atoms with Gasteiger partial charge in [0.05, 0.1) is 11.6 Å². The number of hydrogen-bond donors (Lipinski definition) is 2. The van der Waals surface area contributed by atoms with Gasteiger partial charge in [-0.3, -0.25) is 4.79 Å². The Kier molecular flexibility index (Phi) is 3.88. The third kappa shape index (κ3) is 3.18. The average molecular weight is 253 g/mol. The zero-order chi connectivity index (χ0) is 12.3. The van der Waals surface area contributed by atoms with Crippen LogP contribution in [0.15, 0.2) is 12.3 Å². The fourth-order valence-electron chi connectivity index (χ4n) is 1.11. The monoisotopic (exact) mass is 252 g/mol. The summed E-state index contributed by atoms with van der Waals surface area (Å²) >= 11 is 5.64. The third-order valence-electron chi connectivity index (χ3n) is 1.94. The Balaban J connectivity index is 2.63. The van der Waals surface area contributed by atoms with Crippen molar-refractivity contribution in [1.82, 2.24) is 9.88 Å². The first kappa shape index (κ1) is 12.9. The van der Waals surface area contributed by atoms with E-state index in [2.05, 4.69) is 0 Å². The van der Waals surface area contributed by atoms with Crippen molar-refractivity contribution in [2.75, 3.05) is 13.2 Å². The molecule has 0 aliphatic rings. The lowest BCUT2D eigenvalue weighted by atomic mass is 10.3. The number of nitrogens with one attached hydrogen (secondary N) is 1. The van der Waals surface area contributed by atoms with Crippen LogP contribution in [0.3, 0.4) is 0 Å². The van der Waals surface area contributed by atoms with Gasteiger partial charge in [0.25, 0.3) is 11.8 Å². The number of amides is 1. The number of halogens is 3. The molecule has 1 amide bonds. The second-order valence-electron chi connectivity index (χ2n) is 3.35. The second-order valence-corrected chi connectivity index (χ2v) is 3.79. The van der Waals surface area contributed by atoms with E-state index >= 15 is 0 Å². The van der Waals surface area contributed by atoms with E-state index in [-0.39, 0.29) is 5.69 Å². The van der Waals surface area contributed by atoms with Gasteiger partial charge in [-0.2, -0.15) is 0 Å². The normalized spacial score (nSPS) is 11.6. The van der Waals surface area contributed by atoms with E-state index < -0.39 is 25.0 Å². The van der Waals surface area contributed by atoms with Crippen molar-refractivity contribution in [2.45, 2.75) is 5.92 Å². The first-order valence-corrected chi connectivity index (χ1v) is 4.82. The van der Waals surface area contributed by atoms with Crippen LogP contribution in [0.4, 0.5) is 8.78 Å². The van der Waals surface area contributed by atoms with Crippen molar-refractivity contribution < 1.29 is 18.7 Å². The first-order valence-electron chi connectivity index (χ1n) is 4.44. The number of nitrogens with zero attached hydrogens (tertiary/aromatic N) is 1. The van der Waals surface area contributed by atoms with Gasteiger partial charge >= 0.3 is 0 Å². The van der Waals surface area contributed by atoms with Crippen LogP contribution in [0.25, 0.3) is 0 Å². The zero-order valence-electron chi connectivity index (χ0n) is 8.51. The van der Waals surface area contributed by atoms with Crippen LogP contribution in [-0.4, -0.2) is 34.7 Å². The topological polar surface area (TPSA) is 54.3 Å². The maximum Gasteiger partial charge on any atom is 0.287 e. The van der Waals surface area contributed by atoms with E-state index in [9.17, 15) is 13.6 Å². The molecule has 1 aromatic rings. The van der Waals surface area contributed by atoms with Crippen molar-refractivity contribution >= 4 is 17.5 Å². The lowest BCUT2D eigenvalue weighted by molar-refractivity contribution is -0.0462. The van der Waals surface area contributed by atoms with Crippen LogP contribution in [0.1, 0.15) is 10.5 Å². The zero-order valence-corrected chi connectivity index (χ0v) is 9.26. The number of aliphatic hydroxyl groups excluding tert-OH is 1. The quantitative estimate of drug-likeness (QED) is 0.841. The predicted octanol–water partition coefficient (Wildman–Crippen LogP) is 1.04. The van der Waals surface area contributed by atoms with E-state index in [0.29, 0.717) is 5.02 Å². The fraction of sp³-hybridized carbons (Fsp3) is 0.444. The van der Waals surface area contributed by atoms with Crippen LogP contribution >= 0.6 is 11.6 Å². The highest BCUT2D eigenvalue weighted by molar-refractivity contribution is 6.31. The molecule has 0 radical (unpaired) electrons. The summed E-state index contributed by atoms with van der Waals surface area (Å²) in [5.74, 6) is -3.98. The molecule has 2 N–H and O–H groups in total. The van der Waals surface area contributed by atoms with E-state index in [0.717, 1.165) is 0 Å². The Bertz CT molecular complexity index is 393. The van der Waals surface area contributed by atoms with Crippen molar-refractivity contribution in [3.8, 4) is 0 Å². The van der Waals surface area contributed by atoms with Crippen molar-refractivity contribution in [2.24, 2.45) is 7.05 Å². The lowest BCUT2D eigenvalue weighted by Gasteiger charge is -2.13. The van der Waals surface area contributed by atoms with E-state index in [1.54, 1.807) is 7.05 Å². The summed E-state index contributed by atoms with van der Waals surface area (Å²) in [5, 5.41) is 10.7. The van der Waals surface area contributed by atoms with Gasteiger partial charge in [0, 0.05) is 13.2 Å². The van der Waals surface area contributed by atoms with Crippen molar-refractivity contribution in [3.05, 3.63) is 23.0 Å². The molecule has 0 spiro atoms. The Morgan fingerprint density at radius 2 is 2.31 bits per heavy atom. The predicted molar refractivity (Wildman–Crippen MR) is 54.8 cm³/mol. The van der Waals surface area contributed by atoms with Gasteiger partial charge in [0.2, 0.25) is 0 Å². The molecule has 0 unspecified atom stereocenters. The summed E-state index contributed by atoms with van der Waals surface area (Å²) < 4.78 is 26.7. The molecule has 1 rings (SSSR count). The molecular weight excluding hydrogens is 242 g/mol. The molecule has 4 nitrogen and oxygen atoms in total. The Morgan fingerprint density at radius 3 is 2.75 bits per heavy atom. The van der Waals surface area contributed by atoms with E-state index in [1.807, 2.05) is 5.32 Å². The van der Waals surface area contributed by atoms with Gasteiger partial charge in [-0.05, 0) is 6.07 Å². The van der Waals surface area contributed by atoms with Crippen LogP contribution in [0.5, 0.6) is 0 Å². The molecule has 16 heavy (non-hydrogen) atoms. The number of rotatable bonds is 4. The van der Waals surface area contributed by atoms with Crippen molar-refractivity contribution in [1.29, 1.82) is 0 Å². The Labute approximate surface area is 95.8 Å². The van der Waals surface area contributed by atoms with Crippen molar-refractivity contribution in [3.63, 3.8) is 0 Å². The molecule has 1 aromatic heterocycles. The Morgan fingerprint density at radius 1 is 1.69 bits per heavy atom. The minimum absolute atomic E-state index is 0.179. The van der Waals surface area contributed by atoms with E-state index in [1.165, 1.54) is 16.8 Å². The van der Waals surface area contributed by atoms with Crippen LogP contribution in [0.2, 0.25) is 5.02 Å². The highest BCUT2D eigenvalue weighted by Gasteiger charge is 2.28. The van der Waals surface area contributed by atoms with Gasteiger partial charge in [-0.25, -0.2) is 8.78 Å². The largest absolute Gasteiger partial charge is 0.390 e. The standard InChI is InChI=1S/C9H11ClF2N2O2/c1-14-3-6(10)2-7(14)8(16)13-4-9(11,12)5-15/h2-3,15H,4-5H2,1H3,(H,13,16). The molecule has 0 aromatic carbocycles. The van der Waals surface area contributed by atoms with Gasteiger partial charge in [-0.15, -0.1) is 0 Å². The maximum atomic E-state index is 12.6. The molecule has 0 aliphatic carbocycles. The summed E-state index contributed by atoms with van der Waals surface area (Å²) in [6, 6.07) is 1.37. The second kappa shape index (κ2) is 4.80. The number of alkyl halides is 2. The molecule has 0 aliphatic heterocycles. The summed E-state index contributed by atoms with van der Waals surface area (Å²) in [5.41, 5.74) is 0.179. The fourth-order valence-corrected chi connectivity index (χ4v) is 1.36. The highest BCUT2D eigenvalue weighted by Crippen LogP contribution is 2.14. The SMILES string of the molecule is Cn1cc(Cl)cc1C(=O)NCC(F)(F)CO. The minimum atomic E-state index is -3.31. The summed E-state index contributed by atoms with van der Waals surface area (Å²) in [4.78, 5) is 11.4. The first-order chi connectivity index (χ1) is 7.35. The number of hydrogen-bond acceptors (Lipinski definition) is 2. The van der Waals surface area contributed by atoms with Gasteiger partial charge in [-0.1, -0.05) is 11.6 Å². The lowest BCUT2D eigenvalue weighted by Crippen LogP contribution is -2.39. The molecular formula is C9H11ClF2N2O2. The summed E-state index contributed by atoms with van der Waals surface area (Å²) in [6.07, 6.45) is 1.49. The smallest absolute Gasteiger partial charge is 0.287 e. The highest BCUT2D eigenvalue weighted by atomic mass is 35.5. The number of aromatic nitrogens is 1. The van der Waals surface area contributed by atoms with E-state index in [4.69, 9.17) is 16.7 Å². The number of carbonyl (C=O) groups excluding carboxylic acids is 1. The minimum Gasteiger partial charge on any atom is -0.390 e. The molecule has 0 saturated carbocycles. The number of aryl methyl sites for hydroxylation is 1. The number of carbonyl (C=O) groups is 1. The molecule has 0 saturated heterocycles. The van der Waals surface area contributed by atoms with Gasteiger partial charge in [0.15, 0.2) is 0 Å². The molecule has 0 bridgehead atoms. The van der Waals surface area contributed by atoms with Gasteiger partial charge in [0.1, 0.15) is 12.3 Å². The summed E-state index contributed by atoms with van der Waals surface area (Å²) in [6.45, 7) is -2.22. The Hall–Kier alpha value is -1.14. The number of aliphatic hydroxyl groups is 1. The van der Waals surface area contributed by atoms with Crippen LogP contribution < -0.4 is 5.32 Å². The molecule has 7 heteroatoms. The third-order valence-corrected chi connectivity index (χ3v) is 2.15. The molecule has 1 heterocycles. The maximum absolute atomic E-state index is 12.6. The van der Waals surface area contributed by atoms with Crippen LogP contribution in [0, 0.1) is 0 Å². The van der Waals surface area contributed by atoms with Crippen LogP contribution in [-0.2, 0) is 7.05 Å². The molecule has 90 valence electrons. The molecule has 0 fully saturated rings. The average Bonchev–Trinajstić information content (AvgIpc) is 2.54. The molecule has 0 atom stereocenters.